The number of hydrogen-bond donors (Lipinski definition) is 0. The number of rotatable bonds is 5. The molecule has 0 fully saturated rings. The number of aryl methyl sites for hydroxylation is 1. The highest BCUT2D eigenvalue weighted by Gasteiger charge is 2.28. The van der Waals surface area contributed by atoms with Crippen molar-refractivity contribution in [2.75, 3.05) is 6.54 Å². The summed E-state index contributed by atoms with van der Waals surface area (Å²) in [5.41, 5.74) is 1.40. The largest absolute Gasteiger partial charge is 0.254 e. The molecule has 0 unspecified atom stereocenters. The predicted octanol–water partition coefficient (Wildman–Crippen LogP) is 3.32. The van der Waals surface area contributed by atoms with Crippen LogP contribution in [0.4, 0.5) is 0 Å². The van der Waals surface area contributed by atoms with Gasteiger partial charge in [0.05, 0.1) is 5.69 Å². The van der Waals surface area contributed by atoms with Crippen molar-refractivity contribution in [2.24, 2.45) is 0 Å². The van der Waals surface area contributed by atoms with Crippen LogP contribution in [0, 0.1) is 6.92 Å². The molecule has 20 heavy (non-hydrogen) atoms. The Bertz CT molecular complexity index is 684. The minimum absolute atomic E-state index is 0.222. The zero-order chi connectivity index (χ0) is 14.8. The van der Waals surface area contributed by atoms with E-state index in [1.54, 1.807) is 6.92 Å². The topological polar surface area (TPSA) is 50.3 Å². The Morgan fingerprint density at radius 3 is 2.45 bits per heavy atom. The molecule has 0 amide bonds. The number of halogens is 1. The molecule has 0 aliphatic rings. The second-order valence-corrected chi connectivity index (χ2v) is 7.97. The predicted molar refractivity (Wildman–Crippen MR) is 81.6 cm³/mol. The summed E-state index contributed by atoms with van der Waals surface area (Å²) in [6.45, 7) is 4.21. The van der Waals surface area contributed by atoms with E-state index in [0.717, 1.165) is 16.9 Å². The van der Waals surface area contributed by atoms with Crippen LogP contribution in [0.5, 0.6) is 0 Å². The van der Waals surface area contributed by atoms with Gasteiger partial charge in [-0.25, -0.2) is 13.4 Å². The van der Waals surface area contributed by atoms with Crippen molar-refractivity contribution in [3.05, 3.63) is 46.1 Å². The highest BCUT2D eigenvalue weighted by atomic mass is 35.5. The second-order valence-electron chi connectivity index (χ2n) is 4.26. The summed E-state index contributed by atoms with van der Waals surface area (Å²) >= 11 is 6.80. The minimum Gasteiger partial charge on any atom is -0.229 e. The molecular formula is C13H15ClN2O2S2. The molecule has 2 aromatic rings. The molecule has 1 aromatic heterocycles. The average Bonchev–Trinajstić information content (AvgIpc) is 2.76. The zero-order valence-corrected chi connectivity index (χ0v) is 13.6. The molecule has 0 bridgehead atoms. The summed E-state index contributed by atoms with van der Waals surface area (Å²) in [5, 5.41) is 0. The van der Waals surface area contributed by atoms with Crippen molar-refractivity contribution in [3.63, 3.8) is 0 Å². The van der Waals surface area contributed by atoms with Gasteiger partial charge in [-0.15, -0.1) is 0 Å². The number of thiazole rings is 1. The summed E-state index contributed by atoms with van der Waals surface area (Å²) in [6.07, 6.45) is 0. The summed E-state index contributed by atoms with van der Waals surface area (Å²) in [7, 11) is -3.55. The van der Waals surface area contributed by atoms with Gasteiger partial charge >= 0.3 is 0 Å². The maximum atomic E-state index is 12.6. The summed E-state index contributed by atoms with van der Waals surface area (Å²) in [4.78, 5) is 3.98. The van der Waals surface area contributed by atoms with E-state index in [2.05, 4.69) is 4.98 Å². The van der Waals surface area contributed by atoms with Gasteiger partial charge in [0.1, 0.15) is 0 Å². The van der Waals surface area contributed by atoms with Gasteiger partial charge in [0, 0.05) is 13.1 Å². The van der Waals surface area contributed by atoms with E-state index in [1.165, 1.54) is 4.31 Å². The first-order chi connectivity index (χ1) is 9.45. The summed E-state index contributed by atoms with van der Waals surface area (Å²) in [5.74, 6) is 0. The van der Waals surface area contributed by atoms with Crippen LogP contribution in [0.1, 0.15) is 18.2 Å². The molecule has 2 rings (SSSR count). The van der Waals surface area contributed by atoms with Crippen molar-refractivity contribution >= 4 is 33.0 Å². The van der Waals surface area contributed by atoms with E-state index < -0.39 is 10.0 Å². The first kappa shape index (κ1) is 15.4. The molecule has 0 radical (unpaired) electrons. The number of hydrogen-bond acceptors (Lipinski definition) is 4. The van der Waals surface area contributed by atoms with Crippen LogP contribution in [0.2, 0.25) is 4.47 Å². The monoisotopic (exact) mass is 330 g/mol. The van der Waals surface area contributed by atoms with Gasteiger partial charge in [0.15, 0.2) is 8.68 Å². The normalized spacial score (nSPS) is 12.0. The van der Waals surface area contributed by atoms with Gasteiger partial charge in [-0.2, -0.15) is 4.31 Å². The van der Waals surface area contributed by atoms with E-state index in [0.29, 0.717) is 18.8 Å². The summed E-state index contributed by atoms with van der Waals surface area (Å²) in [6, 6.07) is 9.51. The third-order valence-corrected chi connectivity index (χ3v) is 6.63. The lowest BCUT2D eigenvalue weighted by Crippen LogP contribution is -2.30. The Labute approximate surface area is 128 Å². The number of aromatic nitrogens is 1. The van der Waals surface area contributed by atoms with Crippen molar-refractivity contribution in [3.8, 4) is 0 Å². The molecule has 0 saturated heterocycles. The third-order valence-electron chi connectivity index (χ3n) is 2.86. The van der Waals surface area contributed by atoms with Gasteiger partial charge < -0.3 is 0 Å². The fourth-order valence-electron chi connectivity index (χ4n) is 1.86. The first-order valence-electron chi connectivity index (χ1n) is 6.12. The summed E-state index contributed by atoms with van der Waals surface area (Å²) < 4.78 is 27.2. The van der Waals surface area contributed by atoms with Crippen LogP contribution >= 0.6 is 22.9 Å². The lowest BCUT2D eigenvalue weighted by atomic mass is 10.2. The van der Waals surface area contributed by atoms with Crippen LogP contribution < -0.4 is 0 Å². The molecule has 0 saturated carbocycles. The Hall–Kier alpha value is -0.950. The average molecular weight is 331 g/mol. The van der Waals surface area contributed by atoms with Crippen molar-refractivity contribution in [2.45, 2.75) is 24.6 Å². The highest BCUT2D eigenvalue weighted by molar-refractivity contribution is 7.91. The fourth-order valence-corrected chi connectivity index (χ4v) is 5.17. The van der Waals surface area contributed by atoms with Gasteiger partial charge in [0.2, 0.25) is 0 Å². The number of nitrogens with zero attached hydrogens (tertiary/aromatic N) is 2. The van der Waals surface area contributed by atoms with Gasteiger partial charge in [0.25, 0.3) is 10.0 Å². The van der Waals surface area contributed by atoms with Gasteiger partial charge in [-0.3, -0.25) is 0 Å². The maximum absolute atomic E-state index is 12.6. The Morgan fingerprint density at radius 2 is 1.95 bits per heavy atom. The molecule has 0 atom stereocenters. The fraction of sp³-hybridized carbons (Fsp3) is 0.308. The Morgan fingerprint density at radius 1 is 1.30 bits per heavy atom. The van der Waals surface area contributed by atoms with Crippen LogP contribution in [0.3, 0.4) is 0 Å². The number of sulfonamides is 1. The van der Waals surface area contributed by atoms with Crippen LogP contribution in [-0.2, 0) is 16.6 Å². The van der Waals surface area contributed by atoms with Crippen molar-refractivity contribution < 1.29 is 8.42 Å². The smallest absolute Gasteiger partial charge is 0.229 e. The van der Waals surface area contributed by atoms with Gasteiger partial charge in [-0.1, -0.05) is 60.2 Å². The van der Waals surface area contributed by atoms with E-state index in [-0.39, 0.29) is 8.68 Å². The van der Waals surface area contributed by atoms with Crippen molar-refractivity contribution in [1.29, 1.82) is 0 Å². The lowest BCUT2D eigenvalue weighted by Gasteiger charge is -2.19. The molecular weight excluding hydrogens is 316 g/mol. The number of benzene rings is 1. The molecule has 0 aliphatic carbocycles. The van der Waals surface area contributed by atoms with Crippen molar-refractivity contribution in [1.82, 2.24) is 9.29 Å². The Kier molecular flexibility index (Phi) is 4.80. The van der Waals surface area contributed by atoms with E-state index in [1.807, 2.05) is 37.3 Å². The second kappa shape index (κ2) is 6.22. The van der Waals surface area contributed by atoms with Crippen LogP contribution in [0.15, 0.2) is 34.5 Å². The minimum atomic E-state index is -3.55. The SMILES string of the molecule is CCN(Cc1ccccc1)S(=O)(=O)c1sc(Cl)nc1C. The molecule has 0 aliphatic heterocycles. The zero-order valence-electron chi connectivity index (χ0n) is 11.2. The van der Waals surface area contributed by atoms with E-state index in [4.69, 9.17) is 11.6 Å². The first-order valence-corrected chi connectivity index (χ1v) is 8.75. The van der Waals surface area contributed by atoms with Crippen LogP contribution in [0.25, 0.3) is 0 Å². The molecule has 108 valence electrons. The molecule has 0 N–H and O–H groups in total. The Balaban J connectivity index is 2.33. The van der Waals surface area contributed by atoms with E-state index in [9.17, 15) is 8.42 Å². The third kappa shape index (κ3) is 3.20. The van der Waals surface area contributed by atoms with E-state index >= 15 is 0 Å². The van der Waals surface area contributed by atoms with Crippen LogP contribution in [-0.4, -0.2) is 24.3 Å². The molecule has 4 nitrogen and oxygen atoms in total. The maximum Gasteiger partial charge on any atom is 0.254 e. The lowest BCUT2D eigenvalue weighted by molar-refractivity contribution is 0.424. The molecule has 1 heterocycles. The molecule has 1 aromatic carbocycles. The molecule has 0 spiro atoms. The standard InChI is InChI=1S/C13H15ClN2O2S2/c1-3-16(9-11-7-5-4-6-8-11)20(17,18)12-10(2)15-13(14)19-12/h4-8H,3,9H2,1-2H3. The van der Waals surface area contributed by atoms with Gasteiger partial charge in [-0.05, 0) is 12.5 Å². The molecule has 7 heteroatoms. The quantitative estimate of drug-likeness (QED) is 0.845. The highest BCUT2D eigenvalue weighted by Crippen LogP contribution is 2.29.